The molecule has 1 fully saturated rings. The predicted octanol–water partition coefficient (Wildman–Crippen LogP) is 2.98. The topological polar surface area (TPSA) is 29.1 Å². The van der Waals surface area contributed by atoms with Crippen molar-refractivity contribution >= 4 is 11.6 Å². The van der Waals surface area contributed by atoms with Crippen molar-refractivity contribution in [3.05, 3.63) is 42.0 Å². The third-order valence-electron chi connectivity index (χ3n) is 3.62. The minimum atomic E-state index is 0.0957. The SMILES string of the molecule is O=C(Nc1ccccc1)C1=CC2CCC1C2. The lowest BCUT2D eigenvalue weighted by Crippen LogP contribution is -2.18. The molecule has 0 saturated heterocycles. The van der Waals surface area contributed by atoms with Crippen LogP contribution in [0.2, 0.25) is 0 Å². The maximum atomic E-state index is 12.0. The van der Waals surface area contributed by atoms with E-state index in [0.717, 1.165) is 11.3 Å². The van der Waals surface area contributed by atoms with Crippen LogP contribution < -0.4 is 5.32 Å². The van der Waals surface area contributed by atoms with Crippen molar-refractivity contribution in [3.63, 3.8) is 0 Å². The Bertz CT molecular complexity index is 435. The highest BCUT2D eigenvalue weighted by molar-refractivity contribution is 6.04. The van der Waals surface area contributed by atoms with Gasteiger partial charge in [0.05, 0.1) is 0 Å². The number of fused-ring (bicyclic) bond motifs is 2. The van der Waals surface area contributed by atoms with E-state index in [1.807, 2.05) is 30.3 Å². The highest BCUT2D eigenvalue weighted by atomic mass is 16.1. The molecule has 0 heterocycles. The van der Waals surface area contributed by atoms with Crippen molar-refractivity contribution in [1.29, 1.82) is 0 Å². The average molecular weight is 213 g/mol. The molecule has 2 nitrogen and oxygen atoms in total. The molecule has 0 radical (unpaired) electrons. The molecule has 1 amide bonds. The summed E-state index contributed by atoms with van der Waals surface area (Å²) in [5, 5.41) is 2.96. The predicted molar refractivity (Wildman–Crippen MR) is 64.0 cm³/mol. The maximum absolute atomic E-state index is 12.0. The number of hydrogen-bond donors (Lipinski definition) is 1. The number of benzene rings is 1. The Morgan fingerprint density at radius 1 is 1.19 bits per heavy atom. The molecule has 2 bridgehead atoms. The van der Waals surface area contributed by atoms with Gasteiger partial charge in [-0.05, 0) is 43.2 Å². The molecule has 0 aliphatic heterocycles. The molecule has 1 aromatic carbocycles. The average Bonchev–Trinajstić information content (AvgIpc) is 2.92. The van der Waals surface area contributed by atoms with Crippen molar-refractivity contribution in [1.82, 2.24) is 0 Å². The van der Waals surface area contributed by atoms with Crippen LogP contribution in [0.25, 0.3) is 0 Å². The van der Waals surface area contributed by atoms with Gasteiger partial charge in [-0.3, -0.25) is 4.79 Å². The number of para-hydroxylation sites is 1. The standard InChI is InChI=1S/C14H15NO/c16-14(15-12-4-2-1-3-5-12)13-9-10-6-7-11(13)8-10/h1-5,9-11H,6-8H2,(H,15,16). The second kappa shape index (κ2) is 3.78. The Morgan fingerprint density at radius 2 is 2.00 bits per heavy atom. The second-order valence-corrected chi connectivity index (χ2v) is 4.71. The van der Waals surface area contributed by atoms with Crippen LogP contribution in [0.4, 0.5) is 5.69 Å². The number of carbonyl (C=O) groups excluding carboxylic acids is 1. The van der Waals surface area contributed by atoms with Crippen LogP contribution in [0.15, 0.2) is 42.0 Å². The van der Waals surface area contributed by atoms with Gasteiger partial charge in [-0.1, -0.05) is 24.3 Å². The van der Waals surface area contributed by atoms with Crippen molar-refractivity contribution < 1.29 is 4.79 Å². The molecule has 0 aromatic heterocycles. The van der Waals surface area contributed by atoms with Crippen molar-refractivity contribution in [2.24, 2.45) is 11.8 Å². The molecule has 1 N–H and O–H groups in total. The van der Waals surface area contributed by atoms with Crippen LogP contribution in [0, 0.1) is 11.8 Å². The Balaban J connectivity index is 1.73. The normalized spacial score (nSPS) is 26.6. The second-order valence-electron chi connectivity index (χ2n) is 4.71. The summed E-state index contributed by atoms with van der Waals surface area (Å²) in [5.41, 5.74) is 1.90. The lowest BCUT2D eigenvalue weighted by molar-refractivity contribution is -0.113. The molecule has 2 aliphatic rings. The smallest absolute Gasteiger partial charge is 0.251 e. The fourth-order valence-corrected chi connectivity index (χ4v) is 2.83. The van der Waals surface area contributed by atoms with Gasteiger partial charge in [0.1, 0.15) is 0 Å². The Morgan fingerprint density at radius 3 is 2.62 bits per heavy atom. The first-order chi connectivity index (χ1) is 7.83. The van der Waals surface area contributed by atoms with Gasteiger partial charge in [0.15, 0.2) is 0 Å². The first kappa shape index (κ1) is 9.64. The van der Waals surface area contributed by atoms with Crippen LogP contribution in [0.1, 0.15) is 19.3 Å². The fraction of sp³-hybridized carbons (Fsp3) is 0.357. The molecule has 2 aliphatic carbocycles. The molecule has 16 heavy (non-hydrogen) atoms. The van der Waals surface area contributed by atoms with Crippen LogP contribution in [-0.2, 0) is 4.79 Å². The number of amides is 1. The molecular formula is C14H15NO. The van der Waals surface area contributed by atoms with E-state index in [-0.39, 0.29) is 5.91 Å². The van der Waals surface area contributed by atoms with E-state index >= 15 is 0 Å². The molecule has 2 heteroatoms. The van der Waals surface area contributed by atoms with E-state index in [2.05, 4.69) is 11.4 Å². The van der Waals surface area contributed by atoms with Crippen molar-refractivity contribution in [3.8, 4) is 0 Å². The zero-order chi connectivity index (χ0) is 11.0. The zero-order valence-corrected chi connectivity index (χ0v) is 9.15. The number of anilines is 1. The number of hydrogen-bond acceptors (Lipinski definition) is 1. The lowest BCUT2D eigenvalue weighted by Gasteiger charge is -2.13. The van der Waals surface area contributed by atoms with E-state index in [1.54, 1.807) is 0 Å². The monoisotopic (exact) mass is 213 g/mol. The van der Waals surface area contributed by atoms with Gasteiger partial charge in [-0.15, -0.1) is 0 Å². The fourth-order valence-electron chi connectivity index (χ4n) is 2.83. The summed E-state index contributed by atoms with van der Waals surface area (Å²) in [5.74, 6) is 1.29. The molecule has 82 valence electrons. The van der Waals surface area contributed by atoms with Gasteiger partial charge in [0.25, 0.3) is 5.91 Å². The van der Waals surface area contributed by atoms with Crippen LogP contribution in [0.5, 0.6) is 0 Å². The van der Waals surface area contributed by atoms with Gasteiger partial charge >= 0.3 is 0 Å². The third-order valence-corrected chi connectivity index (χ3v) is 3.62. The summed E-state index contributed by atoms with van der Waals surface area (Å²) < 4.78 is 0. The minimum absolute atomic E-state index is 0.0957. The summed E-state index contributed by atoms with van der Waals surface area (Å²) in [6.07, 6.45) is 5.83. The number of rotatable bonds is 2. The summed E-state index contributed by atoms with van der Waals surface area (Å²) in [6, 6.07) is 9.67. The Hall–Kier alpha value is -1.57. The Labute approximate surface area is 95.4 Å². The first-order valence-corrected chi connectivity index (χ1v) is 5.91. The van der Waals surface area contributed by atoms with E-state index in [4.69, 9.17) is 0 Å². The lowest BCUT2D eigenvalue weighted by atomic mass is 9.98. The van der Waals surface area contributed by atoms with Crippen LogP contribution in [0.3, 0.4) is 0 Å². The molecule has 1 aromatic rings. The van der Waals surface area contributed by atoms with Crippen LogP contribution >= 0.6 is 0 Å². The van der Waals surface area contributed by atoms with Crippen molar-refractivity contribution in [2.45, 2.75) is 19.3 Å². The molecule has 1 saturated carbocycles. The van der Waals surface area contributed by atoms with Gasteiger partial charge < -0.3 is 5.32 Å². The highest BCUT2D eigenvalue weighted by Gasteiger charge is 2.35. The van der Waals surface area contributed by atoms with E-state index in [1.165, 1.54) is 19.3 Å². The summed E-state index contributed by atoms with van der Waals surface area (Å²) in [6.45, 7) is 0. The highest BCUT2D eigenvalue weighted by Crippen LogP contribution is 2.43. The summed E-state index contributed by atoms with van der Waals surface area (Å²) >= 11 is 0. The maximum Gasteiger partial charge on any atom is 0.251 e. The summed E-state index contributed by atoms with van der Waals surface area (Å²) in [4.78, 5) is 12.0. The van der Waals surface area contributed by atoms with Gasteiger partial charge in [0, 0.05) is 11.3 Å². The van der Waals surface area contributed by atoms with Crippen molar-refractivity contribution in [2.75, 3.05) is 5.32 Å². The number of allylic oxidation sites excluding steroid dienone is 1. The molecule has 2 atom stereocenters. The number of nitrogens with one attached hydrogen (secondary N) is 1. The van der Waals surface area contributed by atoms with E-state index < -0.39 is 0 Å². The molecule has 2 unspecified atom stereocenters. The molecule has 3 rings (SSSR count). The minimum Gasteiger partial charge on any atom is -0.322 e. The van der Waals surface area contributed by atoms with Gasteiger partial charge in [0.2, 0.25) is 0 Å². The Kier molecular flexibility index (Phi) is 2.28. The molecular weight excluding hydrogens is 198 g/mol. The number of carbonyl (C=O) groups is 1. The van der Waals surface area contributed by atoms with Crippen LogP contribution in [-0.4, -0.2) is 5.91 Å². The van der Waals surface area contributed by atoms with Gasteiger partial charge in [-0.25, -0.2) is 0 Å². The quantitative estimate of drug-likeness (QED) is 0.804. The largest absolute Gasteiger partial charge is 0.322 e. The van der Waals surface area contributed by atoms with E-state index in [9.17, 15) is 4.79 Å². The van der Waals surface area contributed by atoms with E-state index in [0.29, 0.717) is 11.8 Å². The first-order valence-electron chi connectivity index (χ1n) is 5.91. The molecule has 0 spiro atoms. The van der Waals surface area contributed by atoms with Gasteiger partial charge in [-0.2, -0.15) is 0 Å². The summed E-state index contributed by atoms with van der Waals surface area (Å²) in [7, 11) is 0. The third kappa shape index (κ3) is 1.64. The zero-order valence-electron chi connectivity index (χ0n) is 9.15.